The number of carbonyl (C=O) groups excluding carboxylic acids is 2. The van der Waals surface area contributed by atoms with Crippen LogP contribution in [-0.4, -0.2) is 113 Å². The largest absolute Gasteiger partial charge is 0.497 e. The number of hydrogen-bond acceptors (Lipinski definition) is 9. The van der Waals surface area contributed by atoms with Gasteiger partial charge in [0.05, 0.1) is 43.3 Å². The van der Waals surface area contributed by atoms with Crippen molar-refractivity contribution in [2.45, 2.75) is 62.5 Å². The fraction of sp³-hybridized carbons (Fsp3) is 0.576. The van der Waals surface area contributed by atoms with Crippen molar-refractivity contribution in [1.29, 1.82) is 0 Å². The van der Waals surface area contributed by atoms with E-state index in [0.29, 0.717) is 31.7 Å². The summed E-state index contributed by atoms with van der Waals surface area (Å²) in [5, 5.41) is 17.3. The third-order valence-corrected chi connectivity index (χ3v) is 10.3. The second-order valence-corrected chi connectivity index (χ2v) is 14.9. The summed E-state index contributed by atoms with van der Waals surface area (Å²) in [5.41, 5.74) is 0.231. The smallest absolute Gasteiger partial charge is 0.407 e. The summed E-state index contributed by atoms with van der Waals surface area (Å²) in [6.07, 6.45) is -1.53. The summed E-state index contributed by atoms with van der Waals surface area (Å²) in [7, 11) is 0.652. The zero-order valence-electron chi connectivity index (χ0n) is 27.8. The molecule has 5 atom stereocenters. The minimum atomic E-state index is -4.12. The highest BCUT2D eigenvalue weighted by molar-refractivity contribution is 7.89. The molecule has 47 heavy (non-hydrogen) atoms. The van der Waals surface area contributed by atoms with Gasteiger partial charge >= 0.3 is 12.1 Å². The Hall–Kier alpha value is -3.43. The van der Waals surface area contributed by atoms with Gasteiger partial charge in [0.25, 0.3) is 0 Å². The number of ether oxygens (including phenoxy) is 4. The summed E-state index contributed by atoms with van der Waals surface area (Å²) in [6.45, 7) is 4.59. The van der Waals surface area contributed by atoms with E-state index in [1.807, 2.05) is 44.2 Å². The third kappa shape index (κ3) is 10.0. The number of nitrogens with one attached hydrogen (secondary N) is 2. The number of aliphatic hydroxyl groups is 1. The van der Waals surface area contributed by atoms with E-state index < -0.39 is 46.1 Å². The van der Waals surface area contributed by atoms with Crippen molar-refractivity contribution in [2.24, 2.45) is 11.3 Å². The van der Waals surface area contributed by atoms with Gasteiger partial charge in [0, 0.05) is 33.7 Å². The fourth-order valence-electron chi connectivity index (χ4n) is 5.72. The summed E-state index contributed by atoms with van der Waals surface area (Å²) in [5.74, 6) is 0.439. The molecular formula is C33H48N4O9S. The Kier molecular flexibility index (Phi) is 12.5. The molecule has 14 heteroatoms. The summed E-state index contributed by atoms with van der Waals surface area (Å²) in [6, 6.07) is 14.2. The van der Waals surface area contributed by atoms with Crippen LogP contribution in [0.1, 0.15) is 32.3 Å². The highest BCUT2D eigenvalue weighted by Crippen LogP contribution is 2.33. The van der Waals surface area contributed by atoms with Gasteiger partial charge in [-0.05, 0) is 54.5 Å². The van der Waals surface area contributed by atoms with Gasteiger partial charge in [-0.3, -0.25) is 0 Å². The predicted octanol–water partition coefficient (Wildman–Crippen LogP) is 2.83. The molecule has 2 heterocycles. The van der Waals surface area contributed by atoms with Gasteiger partial charge < -0.3 is 39.6 Å². The first kappa shape index (κ1) is 36.4. The van der Waals surface area contributed by atoms with Crippen LogP contribution in [0.15, 0.2) is 59.5 Å². The van der Waals surface area contributed by atoms with Crippen LogP contribution < -0.4 is 15.4 Å². The molecule has 13 nitrogen and oxygen atoms in total. The topological polar surface area (TPSA) is 156 Å². The Morgan fingerprint density at radius 2 is 1.79 bits per heavy atom. The van der Waals surface area contributed by atoms with Crippen LogP contribution >= 0.6 is 0 Å². The second kappa shape index (κ2) is 16.1. The van der Waals surface area contributed by atoms with Gasteiger partial charge in [0.1, 0.15) is 11.9 Å². The molecule has 2 aromatic rings. The molecule has 3 N–H and O–H groups in total. The van der Waals surface area contributed by atoms with E-state index in [1.54, 1.807) is 26.2 Å². The molecule has 2 aliphatic heterocycles. The number of fused-ring (bicyclic) bond motifs is 1. The average molecular weight is 677 g/mol. The van der Waals surface area contributed by atoms with E-state index in [1.165, 1.54) is 28.4 Å². The standard InChI is InChI=1S/C33H48N4O9S/c1-33(2,16-17-34-31(39)36(3)4)22-37(47(41,42)25-13-11-24(43-5)12-14-25)20-28(38)27(19-23-9-7-6-8-10-23)35-32(40)46-29-21-45-30-26(29)15-18-44-30/h6-14,26-30,38H,15-22H2,1-5H3,(H,34,39)(H,35,40)/t26-,27-,28+,29-,30+/m0/s1. The first-order valence-electron chi connectivity index (χ1n) is 15.8. The van der Waals surface area contributed by atoms with Crippen molar-refractivity contribution in [3.8, 4) is 5.75 Å². The van der Waals surface area contributed by atoms with Crippen molar-refractivity contribution in [1.82, 2.24) is 19.8 Å². The summed E-state index contributed by atoms with van der Waals surface area (Å²) >= 11 is 0. The van der Waals surface area contributed by atoms with Gasteiger partial charge in [-0.25, -0.2) is 18.0 Å². The normalized spacial score (nSPS) is 20.7. The Morgan fingerprint density at radius 3 is 2.45 bits per heavy atom. The Labute approximate surface area is 277 Å². The second-order valence-electron chi connectivity index (χ2n) is 13.0. The van der Waals surface area contributed by atoms with E-state index in [4.69, 9.17) is 18.9 Å². The van der Waals surface area contributed by atoms with Gasteiger partial charge in [0.15, 0.2) is 6.29 Å². The Bertz CT molecular complexity index is 1420. The molecule has 2 aromatic carbocycles. The number of rotatable bonds is 15. The van der Waals surface area contributed by atoms with Crippen molar-refractivity contribution in [3.63, 3.8) is 0 Å². The molecule has 0 spiro atoms. The fourth-order valence-corrected chi connectivity index (χ4v) is 7.37. The highest BCUT2D eigenvalue weighted by Gasteiger charge is 2.44. The molecule has 260 valence electrons. The first-order valence-corrected chi connectivity index (χ1v) is 17.2. The number of methoxy groups -OCH3 is 1. The monoisotopic (exact) mass is 676 g/mol. The van der Waals surface area contributed by atoms with Gasteiger partial charge in [0.2, 0.25) is 10.0 Å². The molecule has 4 rings (SSSR count). The molecule has 2 fully saturated rings. The number of nitrogens with zero attached hydrogens (tertiary/aromatic N) is 2. The number of hydrogen-bond donors (Lipinski definition) is 3. The molecule has 0 aromatic heterocycles. The molecule has 0 saturated carbocycles. The number of aliphatic hydroxyl groups excluding tert-OH is 1. The molecule has 3 amide bonds. The average Bonchev–Trinajstić information content (AvgIpc) is 3.66. The zero-order chi connectivity index (χ0) is 34.2. The van der Waals surface area contributed by atoms with E-state index in [0.717, 1.165) is 5.56 Å². The Balaban J connectivity index is 1.55. The zero-order valence-corrected chi connectivity index (χ0v) is 28.6. The minimum Gasteiger partial charge on any atom is -0.497 e. The van der Waals surface area contributed by atoms with E-state index in [2.05, 4.69) is 10.6 Å². The van der Waals surface area contributed by atoms with Crippen molar-refractivity contribution < 1.29 is 42.1 Å². The third-order valence-electron chi connectivity index (χ3n) is 8.49. The summed E-state index contributed by atoms with van der Waals surface area (Å²) < 4.78 is 51.5. The summed E-state index contributed by atoms with van der Waals surface area (Å²) in [4.78, 5) is 26.7. The molecule has 2 saturated heterocycles. The number of carbonyl (C=O) groups is 2. The molecule has 0 radical (unpaired) electrons. The number of sulfonamides is 1. The molecule has 0 unspecified atom stereocenters. The van der Waals surface area contributed by atoms with Gasteiger partial charge in [-0.15, -0.1) is 0 Å². The predicted molar refractivity (Wildman–Crippen MR) is 174 cm³/mol. The number of amides is 3. The lowest BCUT2D eigenvalue weighted by atomic mass is 9.89. The van der Waals surface area contributed by atoms with E-state index >= 15 is 0 Å². The lowest BCUT2D eigenvalue weighted by molar-refractivity contribution is -0.0907. The SMILES string of the molecule is COc1ccc(S(=O)(=O)N(C[C@@H](O)[C@H](Cc2ccccc2)NC(=O)O[C@H]2CO[C@H]3OCC[C@H]32)CC(C)(C)CCNC(=O)N(C)C)cc1. The molecule has 0 bridgehead atoms. The van der Waals surface area contributed by atoms with Crippen LogP contribution in [0, 0.1) is 11.3 Å². The number of benzene rings is 2. The van der Waals surface area contributed by atoms with E-state index in [9.17, 15) is 23.1 Å². The van der Waals surface area contributed by atoms with Gasteiger partial charge in [-0.1, -0.05) is 44.2 Å². The van der Waals surface area contributed by atoms with Crippen LogP contribution in [0.5, 0.6) is 5.75 Å². The maximum Gasteiger partial charge on any atom is 0.407 e. The minimum absolute atomic E-state index is 0.0290. The number of alkyl carbamates (subject to hydrolysis) is 1. The highest BCUT2D eigenvalue weighted by atomic mass is 32.2. The van der Waals surface area contributed by atoms with Crippen molar-refractivity contribution in [3.05, 3.63) is 60.2 Å². The van der Waals surface area contributed by atoms with Crippen molar-refractivity contribution >= 4 is 22.1 Å². The quantitative estimate of drug-likeness (QED) is 0.258. The van der Waals surface area contributed by atoms with Gasteiger partial charge in [-0.2, -0.15) is 4.31 Å². The van der Waals surface area contributed by atoms with Crippen LogP contribution in [0.25, 0.3) is 0 Å². The van der Waals surface area contributed by atoms with E-state index in [-0.39, 0.29) is 43.0 Å². The van der Waals surface area contributed by atoms with Crippen LogP contribution in [0.4, 0.5) is 9.59 Å². The maximum atomic E-state index is 14.1. The van der Waals surface area contributed by atoms with Crippen LogP contribution in [0.3, 0.4) is 0 Å². The van der Waals surface area contributed by atoms with Crippen LogP contribution in [0.2, 0.25) is 0 Å². The lowest BCUT2D eigenvalue weighted by Crippen LogP contribution is -2.52. The molecular weight excluding hydrogens is 628 g/mol. The first-order chi connectivity index (χ1) is 22.3. The molecule has 2 aliphatic rings. The lowest BCUT2D eigenvalue weighted by Gasteiger charge is -2.35. The Morgan fingerprint density at radius 1 is 1.09 bits per heavy atom. The van der Waals surface area contributed by atoms with Crippen LogP contribution in [-0.2, 0) is 30.7 Å². The maximum absolute atomic E-state index is 14.1. The number of urea groups is 1. The molecule has 0 aliphatic carbocycles. The van der Waals surface area contributed by atoms with Crippen molar-refractivity contribution in [2.75, 3.05) is 54.1 Å².